The first-order chi connectivity index (χ1) is 9.01. The summed E-state index contributed by atoms with van der Waals surface area (Å²) in [4.78, 5) is 7.69. The molecule has 0 saturated carbocycles. The van der Waals surface area contributed by atoms with Crippen molar-refractivity contribution in [1.29, 1.82) is 0 Å². The predicted octanol–water partition coefficient (Wildman–Crippen LogP) is 0.487. The zero-order valence-electron chi connectivity index (χ0n) is 11.1. The van der Waals surface area contributed by atoms with Gasteiger partial charge >= 0.3 is 0 Å². The van der Waals surface area contributed by atoms with Gasteiger partial charge in [-0.05, 0) is 24.3 Å². The predicted molar refractivity (Wildman–Crippen MR) is 76.0 cm³/mol. The van der Waals surface area contributed by atoms with E-state index in [1.807, 2.05) is 0 Å². The van der Waals surface area contributed by atoms with Crippen molar-refractivity contribution in [2.75, 3.05) is 17.6 Å². The first-order valence-corrected chi connectivity index (χ1v) is 6.74. The second-order valence-electron chi connectivity index (χ2n) is 3.62. The standard InChI is InChI=1S/C11H12N4O3S.Na/c1-18-11-6-10(13-7-14-11)15-19(16,17)9-4-2-8(12)3-5-9;/h2-7H,12H2,1H3,(H,13,14,15);. The molecule has 0 bridgehead atoms. The van der Waals surface area contributed by atoms with E-state index < -0.39 is 10.0 Å². The molecule has 20 heavy (non-hydrogen) atoms. The minimum atomic E-state index is -3.71. The molecule has 0 amide bonds. The number of nitrogens with one attached hydrogen (secondary N) is 1. The van der Waals surface area contributed by atoms with Crippen LogP contribution in [0.4, 0.5) is 11.5 Å². The molecule has 0 atom stereocenters. The molecule has 2 aromatic rings. The minimum Gasteiger partial charge on any atom is -0.481 e. The number of ether oxygens (including phenoxy) is 1. The van der Waals surface area contributed by atoms with Crippen LogP contribution in [0.3, 0.4) is 0 Å². The molecular weight excluding hydrogens is 291 g/mol. The van der Waals surface area contributed by atoms with Gasteiger partial charge in [-0.25, -0.2) is 18.4 Å². The molecule has 0 saturated heterocycles. The topological polar surface area (TPSA) is 107 Å². The van der Waals surface area contributed by atoms with Crippen molar-refractivity contribution in [1.82, 2.24) is 9.97 Å². The fraction of sp³-hybridized carbons (Fsp3) is 0.0909. The molecule has 0 aliphatic heterocycles. The zero-order valence-corrected chi connectivity index (χ0v) is 13.9. The third-order valence-corrected chi connectivity index (χ3v) is 3.65. The Labute approximate surface area is 138 Å². The molecular formula is C11H12N4NaO3S. The Morgan fingerprint density at radius 2 is 1.85 bits per heavy atom. The number of hydrogen-bond acceptors (Lipinski definition) is 6. The summed E-state index contributed by atoms with van der Waals surface area (Å²) in [5.41, 5.74) is 6.00. The summed E-state index contributed by atoms with van der Waals surface area (Å²) in [7, 11) is -2.28. The maximum atomic E-state index is 12.1. The molecule has 7 nitrogen and oxygen atoms in total. The number of benzene rings is 1. The number of hydrogen-bond donors (Lipinski definition) is 2. The first kappa shape index (κ1) is 16.7. The van der Waals surface area contributed by atoms with Gasteiger partial charge in [0.25, 0.3) is 10.0 Å². The fourth-order valence-electron chi connectivity index (χ4n) is 1.35. The number of nitrogens with two attached hydrogens (primary N) is 1. The van der Waals surface area contributed by atoms with E-state index in [1.54, 1.807) is 0 Å². The van der Waals surface area contributed by atoms with Crippen molar-refractivity contribution in [3.63, 3.8) is 0 Å². The number of sulfonamides is 1. The average Bonchev–Trinajstić information content (AvgIpc) is 2.39. The maximum absolute atomic E-state index is 12.1. The van der Waals surface area contributed by atoms with Gasteiger partial charge in [-0.2, -0.15) is 0 Å². The molecule has 9 heteroatoms. The second kappa shape index (κ2) is 6.89. The molecule has 1 aromatic heterocycles. The van der Waals surface area contributed by atoms with Crippen molar-refractivity contribution in [3.05, 3.63) is 36.7 Å². The fourth-order valence-corrected chi connectivity index (χ4v) is 2.35. The van der Waals surface area contributed by atoms with Crippen LogP contribution in [-0.2, 0) is 10.0 Å². The van der Waals surface area contributed by atoms with Crippen LogP contribution in [0.2, 0.25) is 0 Å². The third-order valence-electron chi connectivity index (χ3n) is 2.28. The number of nitrogen functional groups attached to an aromatic ring is 1. The van der Waals surface area contributed by atoms with Crippen molar-refractivity contribution >= 4 is 51.1 Å². The zero-order chi connectivity index (χ0) is 13.9. The Morgan fingerprint density at radius 3 is 2.45 bits per heavy atom. The van der Waals surface area contributed by atoms with Crippen molar-refractivity contribution in [2.24, 2.45) is 0 Å². The van der Waals surface area contributed by atoms with E-state index in [4.69, 9.17) is 10.5 Å². The molecule has 0 aliphatic rings. The molecule has 1 radical (unpaired) electrons. The molecule has 0 aliphatic carbocycles. The van der Waals surface area contributed by atoms with Crippen LogP contribution in [-0.4, -0.2) is 55.1 Å². The smallest absolute Gasteiger partial charge is 0.263 e. The van der Waals surface area contributed by atoms with E-state index >= 15 is 0 Å². The number of anilines is 2. The molecule has 101 valence electrons. The molecule has 0 unspecified atom stereocenters. The van der Waals surface area contributed by atoms with Crippen molar-refractivity contribution in [2.45, 2.75) is 4.90 Å². The van der Waals surface area contributed by atoms with Gasteiger partial charge < -0.3 is 10.5 Å². The quantitative estimate of drug-likeness (QED) is 0.628. The van der Waals surface area contributed by atoms with E-state index in [0.717, 1.165) is 0 Å². The van der Waals surface area contributed by atoms with E-state index in [9.17, 15) is 8.42 Å². The van der Waals surface area contributed by atoms with Gasteiger partial charge in [0, 0.05) is 41.3 Å². The Morgan fingerprint density at radius 1 is 1.20 bits per heavy atom. The monoisotopic (exact) mass is 303 g/mol. The number of aromatic nitrogens is 2. The molecule has 1 aromatic carbocycles. The maximum Gasteiger partial charge on any atom is 0.263 e. The van der Waals surface area contributed by atoms with Crippen LogP contribution in [0.5, 0.6) is 5.88 Å². The summed E-state index contributed by atoms with van der Waals surface area (Å²) < 4.78 is 31.3. The summed E-state index contributed by atoms with van der Waals surface area (Å²) in [5, 5.41) is 0. The average molecular weight is 303 g/mol. The normalized spacial score (nSPS) is 10.4. The van der Waals surface area contributed by atoms with Gasteiger partial charge in [-0.1, -0.05) is 0 Å². The second-order valence-corrected chi connectivity index (χ2v) is 5.30. The summed E-state index contributed by atoms with van der Waals surface area (Å²) in [6.45, 7) is 0. The Bertz CT molecular complexity index is 676. The van der Waals surface area contributed by atoms with Crippen molar-refractivity contribution < 1.29 is 13.2 Å². The van der Waals surface area contributed by atoms with E-state index in [-0.39, 0.29) is 46.2 Å². The van der Waals surface area contributed by atoms with Crippen LogP contribution in [0.1, 0.15) is 0 Å². The summed E-state index contributed by atoms with van der Waals surface area (Å²) in [6, 6.07) is 7.23. The third kappa shape index (κ3) is 4.07. The van der Waals surface area contributed by atoms with Gasteiger partial charge in [0.15, 0.2) is 0 Å². The van der Waals surface area contributed by atoms with Gasteiger partial charge in [0.05, 0.1) is 12.0 Å². The largest absolute Gasteiger partial charge is 0.481 e. The van der Waals surface area contributed by atoms with Crippen LogP contribution in [0.15, 0.2) is 41.6 Å². The number of methoxy groups -OCH3 is 1. The molecule has 2 rings (SSSR count). The molecule has 0 spiro atoms. The number of nitrogens with zero attached hydrogens (tertiary/aromatic N) is 2. The van der Waals surface area contributed by atoms with E-state index in [2.05, 4.69) is 14.7 Å². The van der Waals surface area contributed by atoms with Gasteiger partial charge in [-0.3, -0.25) is 4.72 Å². The Kier molecular flexibility index (Phi) is 5.75. The van der Waals surface area contributed by atoms with Crippen molar-refractivity contribution in [3.8, 4) is 5.88 Å². The van der Waals surface area contributed by atoms with Crippen LogP contribution in [0.25, 0.3) is 0 Å². The van der Waals surface area contributed by atoms with Crippen LogP contribution < -0.4 is 15.2 Å². The minimum absolute atomic E-state index is 0. The molecule has 0 fully saturated rings. The first-order valence-electron chi connectivity index (χ1n) is 5.25. The summed E-state index contributed by atoms with van der Waals surface area (Å²) >= 11 is 0. The Hall–Kier alpha value is -1.35. The number of rotatable bonds is 4. The van der Waals surface area contributed by atoms with Crippen LogP contribution >= 0.6 is 0 Å². The van der Waals surface area contributed by atoms with Gasteiger partial charge in [-0.15, -0.1) is 0 Å². The van der Waals surface area contributed by atoms with E-state index in [1.165, 1.54) is 43.8 Å². The molecule has 1 heterocycles. The summed E-state index contributed by atoms with van der Waals surface area (Å²) in [6.07, 6.45) is 1.21. The molecule has 3 N–H and O–H groups in total. The van der Waals surface area contributed by atoms with Gasteiger partial charge in [0.1, 0.15) is 12.1 Å². The van der Waals surface area contributed by atoms with Crippen LogP contribution in [0, 0.1) is 0 Å². The SMILES string of the molecule is COc1cc(NS(=O)(=O)c2ccc(N)cc2)ncn1.[Na]. The van der Waals surface area contributed by atoms with Gasteiger partial charge in [0.2, 0.25) is 5.88 Å². The summed E-state index contributed by atoms with van der Waals surface area (Å²) in [5.74, 6) is 0.397. The van der Waals surface area contributed by atoms with E-state index in [0.29, 0.717) is 5.69 Å². The Balaban J connectivity index is 0.00000200.